The molecule has 0 radical (unpaired) electrons. The minimum atomic E-state index is -1.10. The molecule has 0 aliphatic rings. The predicted molar refractivity (Wildman–Crippen MR) is 159 cm³/mol. The van der Waals surface area contributed by atoms with Gasteiger partial charge < -0.3 is 15.2 Å². The molecule has 1 unspecified atom stereocenters. The van der Waals surface area contributed by atoms with Crippen molar-refractivity contribution in [3.8, 4) is 5.75 Å². The second-order valence-corrected chi connectivity index (χ2v) is 9.25. The molecule has 1 rings (SSSR count). The van der Waals surface area contributed by atoms with Crippen LogP contribution < -0.4 is 10.1 Å². The number of carbonyl (C=O) groups excluding carboxylic acids is 1. The van der Waals surface area contributed by atoms with E-state index in [-0.39, 0.29) is 6.42 Å². The molecule has 37 heavy (non-hydrogen) atoms. The van der Waals surface area contributed by atoms with Gasteiger partial charge in [0.2, 0.25) is 5.91 Å². The minimum Gasteiger partial charge on any atom is -0.489 e. The third kappa shape index (κ3) is 11.8. The molecule has 0 spiro atoms. The second kappa shape index (κ2) is 16.9. The maximum absolute atomic E-state index is 12.7. The van der Waals surface area contributed by atoms with Crippen molar-refractivity contribution in [2.45, 2.75) is 39.7 Å². The summed E-state index contributed by atoms with van der Waals surface area (Å²) in [5.41, 5.74) is 3.71. The highest BCUT2D eigenvalue weighted by atomic mass is 79.9. The Hall–Kier alpha value is -3.64. The molecule has 1 amide bonds. The van der Waals surface area contributed by atoms with Gasteiger partial charge in [0.05, 0.1) is 0 Å². The molecular formula is C31H36BrNO4. The van der Waals surface area contributed by atoms with E-state index < -0.39 is 17.9 Å². The summed E-state index contributed by atoms with van der Waals surface area (Å²) < 4.78 is 7.00. The molecule has 1 aromatic carbocycles. The van der Waals surface area contributed by atoms with Gasteiger partial charge in [0.15, 0.2) is 0 Å². The Balaban J connectivity index is 2.97. The molecule has 0 aliphatic carbocycles. The van der Waals surface area contributed by atoms with E-state index in [1.807, 2.05) is 44.2 Å². The molecule has 0 saturated carbocycles. The smallest absolute Gasteiger partial charge is 0.326 e. The summed E-state index contributed by atoms with van der Waals surface area (Å²) in [6.07, 6.45) is 17.1. The number of rotatable bonds is 15. The van der Waals surface area contributed by atoms with E-state index in [4.69, 9.17) is 4.74 Å². The van der Waals surface area contributed by atoms with Gasteiger partial charge in [-0.15, -0.1) is 0 Å². The Bertz CT molecular complexity index is 1150. The highest BCUT2D eigenvalue weighted by Gasteiger charge is 2.21. The fourth-order valence-corrected chi connectivity index (χ4v) is 3.29. The maximum Gasteiger partial charge on any atom is 0.326 e. The average Bonchev–Trinajstić information content (AvgIpc) is 2.88. The van der Waals surface area contributed by atoms with Gasteiger partial charge >= 0.3 is 5.97 Å². The molecule has 6 heteroatoms. The minimum absolute atomic E-state index is 0.187. The number of carboxylic acids is 1. The summed E-state index contributed by atoms with van der Waals surface area (Å²) in [6, 6.07) is 4.46. The van der Waals surface area contributed by atoms with Crippen LogP contribution in [-0.4, -0.2) is 29.6 Å². The molecule has 2 N–H and O–H groups in total. The topological polar surface area (TPSA) is 75.6 Å². The standard InChI is InChI=1S/C31H36BrNO4/c1-7-11-12-13-22(5)18-29(31(35)36)33-30(34)23(6)19-26-15-17-28(20-25(26)9-3)37-21-24(8-2)14-16-27(32)10-4/h7-15,17,19-20,29H,1-3,16,18,21H2,4-6H3,(H,33,34)(H,35,36)/b12-11-,22-13+,23-19+,24-14+,27-10+. The number of hydrogen-bond donors (Lipinski definition) is 2. The fraction of sp³-hybridized carbons (Fsp3) is 0.226. The van der Waals surface area contributed by atoms with Crippen LogP contribution in [0.3, 0.4) is 0 Å². The number of nitrogens with one attached hydrogen (secondary N) is 1. The number of carboxylic acid groups (broad SMARTS) is 1. The zero-order valence-corrected chi connectivity index (χ0v) is 23.4. The highest BCUT2D eigenvalue weighted by molar-refractivity contribution is 9.11. The number of ether oxygens (including phenoxy) is 1. The van der Waals surface area contributed by atoms with Crippen LogP contribution >= 0.6 is 15.9 Å². The van der Waals surface area contributed by atoms with Crippen molar-refractivity contribution in [1.82, 2.24) is 5.32 Å². The highest BCUT2D eigenvalue weighted by Crippen LogP contribution is 2.22. The second-order valence-electron chi connectivity index (χ2n) is 8.24. The number of hydrogen-bond acceptors (Lipinski definition) is 3. The van der Waals surface area contributed by atoms with Crippen molar-refractivity contribution in [2.75, 3.05) is 6.61 Å². The third-order valence-corrected chi connectivity index (χ3v) is 6.09. The number of benzene rings is 1. The van der Waals surface area contributed by atoms with Gasteiger partial charge in [-0.2, -0.15) is 0 Å². The van der Waals surface area contributed by atoms with E-state index in [2.05, 4.69) is 41.0 Å². The monoisotopic (exact) mass is 565 g/mol. The number of carbonyl (C=O) groups is 2. The summed E-state index contributed by atoms with van der Waals surface area (Å²) in [6.45, 7) is 17.1. The third-order valence-electron chi connectivity index (χ3n) is 5.31. The first-order valence-electron chi connectivity index (χ1n) is 11.8. The van der Waals surface area contributed by atoms with Crippen molar-refractivity contribution in [1.29, 1.82) is 0 Å². The van der Waals surface area contributed by atoms with Crippen LogP contribution in [0.2, 0.25) is 0 Å². The van der Waals surface area contributed by atoms with E-state index in [0.29, 0.717) is 17.9 Å². The van der Waals surface area contributed by atoms with Crippen molar-refractivity contribution in [3.63, 3.8) is 0 Å². The zero-order chi connectivity index (χ0) is 27.8. The first kappa shape index (κ1) is 31.4. The predicted octanol–water partition coefficient (Wildman–Crippen LogP) is 7.56. The average molecular weight is 567 g/mol. The Labute approximate surface area is 229 Å². The Morgan fingerprint density at radius 2 is 1.89 bits per heavy atom. The quantitative estimate of drug-likeness (QED) is 0.170. The van der Waals surface area contributed by atoms with Crippen LogP contribution in [-0.2, 0) is 9.59 Å². The lowest BCUT2D eigenvalue weighted by Gasteiger charge is -2.15. The van der Waals surface area contributed by atoms with Gasteiger partial charge in [-0.1, -0.05) is 95.9 Å². The molecule has 0 heterocycles. The summed E-state index contributed by atoms with van der Waals surface area (Å²) in [7, 11) is 0. The molecular weight excluding hydrogens is 530 g/mol. The SMILES string of the molecule is C=C/C=C\C=C(/C)CC(NC(=O)/C(C)=C/c1ccc(OC/C(C=C)=C/C/C(Br)=C\C)cc1C=C)C(=O)O. The van der Waals surface area contributed by atoms with Crippen LogP contribution in [0.4, 0.5) is 0 Å². The number of amides is 1. The van der Waals surface area contributed by atoms with E-state index in [1.54, 1.807) is 49.5 Å². The summed E-state index contributed by atoms with van der Waals surface area (Å²) >= 11 is 3.49. The van der Waals surface area contributed by atoms with Gasteiger partial charge in [0.1, 0.15) is 18.4 Å². The van der Waals surface area contributed by atoms with Gasteiger partial charge in [0.25, 0.3) is 0 Å². The molecule has 0 saturated heterocycles. The molecule has 1 aromatic rings. The molecule has 0 aromatic heterocycles. The molecule has 1 atom stereocenters. The van der Waals surface area contributed by atoms with Crippen LogP contribution in [0.15, 0.2) is 102 Å². The van der Waals surface area contributed by atoms with Gasteiger partial charge in [-0.3, -0.25) is 4.79 Å². The Morgan fingerprint density at radius 1 is 1.16 bits per heavy atom. The van der Waals surface area contributed by atoms with E-state index in [1.165, 1.54) is 0 Å². The fourth-order valence-electron chi connectivity index (χ4n) is 3.12. The summed E-state index contributed by atoms with van der Waals surface area (Å²) in [5, 5.41) is 12.2. The lowest BCUT2D eigenvalue weighted by Crippen LogP contribution is -2.41. The van der Waals surface area contributed by atoms with Crippen LogP contribution in [0.5, 0.6) is 5.75 Å². The maximum atomic E-state index is 12.7. The molecule has 0 aliphatic heterocycles. The van der Waals surface area contributed by atoms with Crippen molar-refractivity contribution in [2.24, 2.45) is 0 Å². The van der Waals surface area contributed by atoms with Crippen LogP contribution in [0.25, 0.3) is 12.2 Å². The van der Waals surface area contributed by atoms with Crippen LogP contribution in [0.1, 0.15) is 44.7 Å². The van der Waals surface area contributed by atoms with Crippen LogP contribution in [0, 0.1) is 0 Å². The van der Waals surface area contributed by atoms with E-state index in [0.717, 1.165) is 33.2 Å². The molecule has 0 bridgehead atoms. The Morgan fingerprint density at radius 3 is 2.49 bits per heavy atom. The number of halogens is 1. The van der Waals surface area contributed by atoms with Crippen molar-refractivity contribution < 1.29 is 19.4 Å². The first-order chi connectivity index (χ1) is 17.6. The van der Waals surface area contributed by atoms with E-state index in [9.17, 15) is 14.7 Å². The number of allylic oxidation sites excluding steroid dienone is 7. The van der Waals surface area contributed by atoms with E-state index >= 15 is 0 Å². The molecule has 5 nitrogen and oxygen atoms in total. The zero-order valence-electron chi connectivity index (χ0n) is 21.8. The van der Waals surface area contributed by atoms with Crippen molar-refractivity contribution in [3.05, 3.63) is 113 Å². The van der Waals surface area contributed by atoms with Gasteiger partial charge in [-0.05, 0) is 73.0 Å². The van der Waals surface area contributed by atoms with Gasteiger partial charge in [0, 0.05) is 5.57 Å². The lowest BCUT2D eigenvalue weighted by atomic mass is 10.0. The van der Waals surface area contributed by atoms with Crippen molar-refractivity contribution >= 4 is 40.0 Å². The molecule has 0 fully saturated rings. The Kier molecular flexibility index (Phi) is 14.4. The lowest BCUT2D eigenvalue weighted by molar-refractivity contribution is -0.141. The largest absolute Gasteiger partial charge is 0.489 e. The number of aliphatic carboxylic acids is 1. The first-order valence-corrected chi connectivity index (χ1v) is 12.6. The normalized spacial score (nSPS) is 13.7. The summed E-state index contributed by atoms with van der Waals surface area (Å²) in [5.74, 6) is -0.892. The summed E-state index contributed by atoms with van der Waals surface area (Å²) in [4.78, 5) is 24.5. The van der Waals surface area contributed by atoms with Gasteiger partial charge in [-0.25, -0.2) is 4.79 Å². The molecule has 196 valence electrons.